The van der Waals surface area contributed by atoms with Crippen molar-refractivity contribution in [3.8, 4) is 0 Å². The summed E-state index contributed by atoms with van der Waals surface area (Å²) in [6, 6.07) is 7.57. The third kappa shape index (κ3) is 3.35. The summed E-state index contributed by atoms with van der Waals surface area (Å²) in [6.45, 7) is 5.35. The summed E-state index contributed by atoms with van der Waals surface area (Å²) in [6.07, 6.45) is 0.630. The molecule has 1 amide bonds. The summed E-state index contributed by atoms with van der Waals surface area (Å²) in [4.78, 5) is 13.8. The fourth-order valence-electron chi connectivity index (χ4n) is 1.54. The molecular weight excluding hydrogens is 202 g/mol. The molecule has 16 heavy (non-hydrogen) atoms. The first-order valence-electron chi connectivity index (χ1n) is 5.65. The fraction of sp³-hybridized carbons (Fsp3) is 0.462. The van der Waals surface area contributed by atoms with E-state index in [4.69, 9.17) is 5.11 Å². The zero-order valence-electron chi connectivity index (χ0n) is 9.94. The summed E-state index contributed by atoms with van der Waals surface area (Å²) >= 11 is 0. The van der Waals surface area contributed by atoms with Gasteiger partial charge in [-0.1, -0.05) is 17.7 Å². The highest BCUT2D eigenvalue weighted by Crippen LogP contribution is 2.07. The van der Waals surface area contributed by atoms with E-state index in [-0.39, 0.29) is 12.5 Å². The predicted molar refractivity (Wildman–Crippen MR) is 64.5 cm³/mol. The van der Waals surface area contributed by atoms with Crippen molar-refractivity contribution in [1.82, 2.24) is 4.90 Å². The second-order valence-corrected chi connectivity index (χ2v) is 3.83. The van der Waals surface area contributed by atoms with E-state index in [0.717, 1.165) is 5.56 Å². The summed E-state index contributed by atoms with van der Waals surface area (Å²) in [5, 5.41) is 8.76. The highest BCUT2D eigenvalue weighted by atomic mass is 16.3. The monoisotopic (exact) mass is 221 g/mol. The van der Waals surface area contributed by atoms with Gasteiger partial charge in [-0.05, 0) is 32.4 Å². The van der Waals surface area contributed by atoms with Gasteiger partial charge >= 0.3 is 0 Å². The van der Waals surface area contributed by atoms with Gasteiger partial charge in [0, 0.05) is 25.3 Å². The average Bonchev–Trinajstić information content (AvgIpc) is 2.30. The Hall–Kier alpha value is -1.35. The lowest BCUT2D eigenvalue weighted by molar-refractivity contribution is 0.0754. The molecule has 0 aromatic heterocycles. The number of amides is 1. The summed E-state index contributed by atoms with van der Waals surface area (Å²) in [7, 11) is 0. The second kappa shape index (κ2) is 6.28. The normalized spacial score (nSPS) is 10.2. The number of nitrogens with zero attached hydrogens (tertiary/aromatic N) is 1. The van der Waals surface area contributed by atoms with Gasteiger partial charge < -0.3 is 10.0 Å². The van der Waals surface area contributed by atoms with Crippen molar-refractivity contribution in [3.63, 3.8) is 0 Å². The molecule has 1 N–H and O–H groups in total. The Morgan fingerprint density at radius 2 is 1.94 bits per heavy atom. The van der Waals surface area contributed by atoms with Crippen molar-refractivity contribution in [2.45, 2.75) is 20.3 Å². The first kappa shape index (κ1) is 12.7. The third-order valence-electron chi connectivity index (χ3n) is 2.55. The van der Waals surface area contributed by atoms with Crippen LogP contribution in [-0.2, 0) is 0 Å². The highest BCUT2D eigenvalue weighted by molar-refractivity contribution is 5.94. The Labute approximate surface area is 96.7 Å². The molecule has 1 aromatic carbocycles. The lowest BCUT2D eigenvalue weighted by atomic mass is 10.1. The lowest BCUT2D eigenvalue weighted by Crippen LogP contribution is -2.32. The van der Waals surface area contributed by atoms with Crippen LogP contribution in [0.5, 0.6) is 0 Å². The van der Waals surface area contributed by atoms with Crippen LogP contribution in [0.1, 0.15) is 29.3 Å². The Balaban J connectivity index is 2.70. The number of carbonyl (C=O) groups is 1. The van der Waals surface area contributed by atoms with Gasteiger partial charge in [-0.3, -0.25) is 4.79 Å². The quantitative estimate of drug-likeness (QED) is 0.824. The first-order chi connectivity index (χ1) is 7.69. The van der Waals surface area contributed by atoms with E-state index >= 15 is 0 Å². The molecule has 0 radical (unpaired) electrons. The van der Waals surface area contributed by atoms with E-state index in [1.807, 2.05) is 38.1 Å². The van der Waals surface area contributed by atoms with Crippen LogP contribution in [0.25, 0.3) is 0 Å². The smallest absolute Gasteiger partial charge is 0.253 e. The predicted octanol–water partition coefficient (Wildman–Crippen LogP) is 1.84. The van der Waals surface area contributed by atoms with Crippen molar-refractivity contribution >= 4 is 5.91 Å². The van der Waals surface area contributed by atoms with Crippen molar-refractivity contribution in [1.29, 1.82) is 0 Å². The molecule has 0 atom stereocenters. The zero-order valence-corrected chi connectivity index (χ0v) is 9.94. The number of aliphatic hydroxyl groups is 1. The molecule has 0 unspecified atom stereocenters. The molecule has 0 saturated carbocycles. The van der Waals surface area contributed by atoms with Crippen molar-refractivity contribution in [2.75, 3.05) is 19.7 Å². The number of rotatable bonds is 5. The van der Waals surface area contributed by atoms with E-state index in [1.165, 1.54) is 0 Å². The van der Waals surface area contributed by atoms with Gasteiger partial charge in [0.2, 0.25) is 0 Å². The van der Waals surface area contributed by atoms with Crippen LogP contribution >= 0.6 is 0 Å². The van der Waals surface area contributed by atoms with Crippen molar-refractivity contribution in [3.05, 3.63) is 35.4 Å². The minimum atomic E-state index is 0.0379. The van der Waals surface area contributed by atoms with Crippen molar-refractivity contribution < 1.29 is 9.90 Å². The molecule has 0 aliphatic heterocycles. The SMILES string of the molecule is CCN(CCCO)C(=O)c1ccc(C)cc1. The van der Waals surface area contributed by atoms with Gasteiger partial charge in [0.05, 0.1) is 0 Å². The van der Waals surface area contributed by atoms with Crippen LogP contribution in [0.4, 0.5) is 0 Å². The maximum Gasteiger partial charge on any atom is 0.253 e. The molecular formula is C13H19NO2. The van der Waals surface area contributed by atoms with Gasteiger partial charge in [-0.25, -0.2) is 0 Å². The number of aryl methyl sites for hydroxylation is 1. The van der Waals surface area contributed by atoms with Crippen LogP contribution in [0.2, 0.25) is 0 Å². The molecule has 88 valence electrons. The Morgan fingerprint density at radius 3 is 2.44 bits per heavy atom. The van der Waals surface area contributed by atoms with E-state index in [9.17, 15) is 4.79 Å². The maximum absolute atomic E-state index is 12.0. The molecule has 3 heteroatoms. The van der Waals surface area contributed by atoms with E-state index in [2.05, 4.69) is 0 Å². The van der Waals surface area contributed by atoms with E-state index in [0.29, 0.717) is 25.1 Å². The van der Waals surface area contributed by atoms with Crippen LogP contribution < -0.4 is 0 Å². The van der Waals surface area contributed by atoms with Gasteiger partial charge in [0.25, 0.3) is 5.91 Å². The molecule has 0 bridgehead atoms. The first-order valence-corrected chi connectivity index (χ1v) is 5.65. The molecule has 3 nitrogen and oxygen atoms in total. The average molecular weight is 221 g/mol. The fourth-order valence-corrected chi connectivity index (χ4v) is 1.54. The molecule has 0 heterocycles. The largest absolute Gasteiger partial charge is 0.396 e. The molecule has 0 saturated heterocycles. The van der Waals surface area contributed by atoms with E-state index in [1.54, 1.807) is 4.90 Å². The molecule has 1 rings (SSSR count). The molecule has 1 aromatic rings. The number of carbonyl (C=O) groups excluding carboxylic acids is 1. The standard InChI is InChI=1S/C13H19NO2/c1-3-14(9-4-10-15)13(16)12-7-5-11(2)6-8-12/h5-8,15H,3-4,9-10H2,1-2H3. The molecule has 0 spiro atoms. The number of hydrogen-bond acceptors (Lipinski definition) is 2. The Morgan fingerprint density at radius 1 is 1.31 bits per heavy atom. The number of hydrogen-bond donors (Lipinski definition) is 1. The third-order valence-corrected chi connectivity index (χ3v) is 2.55. The molecule has 0 fully saturated rings. The number of benzene rings is 1. The summed E-state index contributed by atoms with van der Waals surface area (Å²) < 4.78 is 0. The van der Waals surface area contributed by atoms with Crippen molar-refractivity contribution in [2.24, 2.45) is 0 Å². The van der Waals surface area contributed by atoms with Gasteiger partial charge in [-0.15, -0.1) is 0 Å². The topological polar surface area (TPSA) is 40.5 Å². The number of aliphatic hydroxyl groups excluding tert-OH is 1. The summed E-state index contributed by atoms with van der Waals surface area (Å²) in [5.41, 5.74) is 1.86. The van der Waals surface area contributed by atoms with Crippen LogP contribution in [0.15, 0.2) is 24.3 Å². The Kier molecular flexibility index (Phi) is 4.99. The van der Waals surface area contributed by atoms with Crippen LogP contribution in [-0.4, -0.2) is 35.6 Å². The minimum Gasteiger partial charge on any atom is -0.396 e. The van der Waals surface area contributed by atoms with Gasteiger partial charge in [0.15, 0.2) is 0 Å². The maximum atomic E-state index is 12.0. The van der Waals surface area contributed by atoms with Gasteiger partial charge in [0.1, 0.15) is 0 Å². The van der Waals surface area contributed by atoms with E-state index < -0.39 is 0 Å². The highest BCUT2D eigenvalue weighted by Gasteiger charge is 2.12. The van der Waals surface area contributed by atoms with Crippen LogP contribution in [0.3, 0.4) is 0 Å². The lowest BCUT2D eigenvalue weighted by Gasteiger charge is -2.20. The van der Waals surface area contributed by atoms with Gasteiger partial charge in [-0.2, -0.15) is 0 Å². The summed E-state index contributed by atoms with van der Waals surface area (Å²) in [5.74, 6) is 0.0379. The zero-order chi connectivity index (χ0) is 12.0. The Bertz CT molecular complexity index is 332. The molecule has 0 aliphatic carbocycles. The van der Waals surface area contributed by atoms with Crippen LogP contribution in [0, 0.1) is 6.92 Å². The molecule has 0 aliphatic rings. The second-order valence-electron chi connectivity index (χ2n) is 3.83. The minimum absolute atomic E-state index is 0.0379.